The van der Waals surface area contributed by atoms with E-state index in [1.54, 1.807) is 31.9 Å². The van der Waals surface area contributed by atoms with Gasteiger partial charge in [0.1, 0.15) is 10.8 Å². The molecular formula is C22H30N7O2S+. The van der Waals surface area contributed by atoms with Crippen LogP contribution in [0.5, 0.6) is 0 Å². The van der Waals surface area contributed by atoms with Gasteiger partial charge in [-0.3, -0.25) is 4.68 Å². The standard InChI is InChI=1S/C22H30N7O2S/c1-13(29(3,4)30)18-12-19(27-28(18)2)32(31)22-24-21(25-26-22)23-20-16-9-5-7-14(16)11-15-8-6-10-17(15)20/h11-13,30H,5-10H2,1-4H3,(H2,23,24,25,26)/q+1. The fraction of sp³-hybridized carbons (Fsp3) is 0.500. The molecule has 170 valence electrons. The van der Waals surface area contributed by atoms with Crippen LogP contribution in [0.25, 0.3) is 0 Å². The highest BCUT2D eigenvalue weighted by atomic mass is 32.2. The van der Waals surface area contributed by atoms with Crippen molar-refractivity contribution in [1.29, 1.82) is 0 Å². The van der Waals surface area contributed by atoms with Crippen LogP contribution in [0.3, 0.4) is 0 Å². The molecule has 0 amide bonds. The lowest BCUT2D eigenvalue weighted by Gasteiger charge is -2.26. The summed E-state index contributed by atoms with van der Waals surface area (Å²) in [5.74, 6) is 0.431. The molecule has 5 rings (SSSR count). The zero-order chi connectivity index (χ0) is 22.6. The van der Waals surface area contributed by atoms with Gasteiger partial charge in [-0.05, 0) is 67.7 Å². The number of aromatic amines is 1. The van der Waals surface area contributed by atoms with Crippen molar-refractivity contribution in [3.05, 3.63) is 40.1 Å². The second kappa shape index (κ2) is 7.79. The quantitative estimate of drug-likeness (QED) is 0.389. The minimum Gasteiger partial charge on any atom is -0.322 e. The lowest BCUT2D eigenvalue weighted by Crippen LogP contribution is -2.38. The Morgan fingerprint density at radius 1 is 1.16 bits per heavy atom. The maximum Gasteiger partial charge on any atom is 0.247 e. The zero-order valence-corrected chi connectivity index (χ0v) is 19.8. The molecule has 2 aliphatic carbocycles. The van der Waals surface area contributed by atoms with E-state index in [-0.39, 0.29) is 15.8 Å². The van der Waals surface area contributed by atoms with Crippen LogP contribution in [0.2, 0.25) is 0 Å². The molecule has 0 saturated carbocycles. The van der Waals surface area contributed by atoms with Gasteiger partial charge in [0, 0.05) is 18.8 Å². The molecule has 32 heavy (non-hydrogen) atoms. The minimum atomic E-state index is -1.60. The first kappa shape index (κ1) is 21.3. The lowest BCUT2D eigenvalue weighted by atomic mass is 9.99. The Labute approximate surface area is 189 Å². The average molecular weight is 457 g/mol. The van der Waals surface area contributed by atoms with Gasteiger partial charge in [-0.2, -0.15) is 14.7 Å². The largest absolute Gasteiger partial charge is 0.322 e. The van der Waals surface area contributed by atoms with Gasteiger partial charge < -0.3 is 5.32 Å². The topological polar surface area (TPSA) is 109 Å². The number of hydroxylamine groups is 3. The first-order valence-corrected chi connectivity index (χ1v) is 12.3. The number of aromatic nitrogens is 5. The van der Waals surface area contributed by atoms with Crippen LogP contribution in [-0.4, -0.2) is 53.1 Å². The van der Waals surface area contributed by atoms with Crippen molar-refractivity contribution in [2.45, 2.75) is 61.7 Å². The van der Waals surface area contributed by atoms with E-state index in [1.807, 2.05) is 6.92 Å². The van der Waals surface area contributed by atoms with Crippen molar-refractivity contribution < 1.29 is 14.1 Å². The van der Waals surface area contributed by atoms with Gasteiger partial charge in [-0.15, -0.1) is 5.10 Å². The third kappa shape index (κ3) is 3.66. The fourth-order valence-electron chi connectivity index (χ4n) is 4.82. The van der Waals surface area contributed by atoms with E-state index in [4.69, 9.17) is 0 Å². The summed E-state index contributed by atoms with van der Waals surface area (Å²) in [7, 11) is 3.57. The van der Waals surface area contributed by atoms with E-state index in [1.165, 1.54) is 35.1 Å². The Bertz CT molecular complexity index is 1180. The van der Waals surface area contributed by atoms with Crippen molar-refractivity contribution in [3.8, 4) is 0 Å². The minimum absolute atomic E-state index is 0.229. The normalized spacial score (nSPS) is 17.3. The molecule has 0 bridgehead atoms. The van der Waals surface area contributed by atoms with Crippen LogP contribution in [0, 0.1) is 0 Å². The summed E-state index contributed by atoms with van der Waals surface area (Å²) < 4.78 is 14.5. The van der Waals surface area contributed by atoms with Crippen LogP contribution < -0.4 is 5.32 Å². The maximum absolute atomic E-state index is 13.1. The molecule has 0 saturated heterocycles. The van der Waals surface area contributed by atoms with Gasteiger partial charge in [0.25, 0.3) is 0 Å². The van der Waals surface area contributed by atoms with Gasteiger partial charge in [0.15, 0.2) is 11.1 Å². The molecule has 2 atom stereocenters. The highest BCUT2D eigenvalue weighted by Gasteiger charge is 2.29. The van der Waals surface area contributed by atoms with Gasteiger partial charge in [0.05, 0.1) is 19.8 Å². The Balaban J connectivity index is 1.41. The predicted molar refractivity (Wildman–Crippen MR) is 120 cm³/mol. The van der Waals surface area contributed by atoms with Crippen LogP contribution in [0.1, 0.15) is 53.8 Å². The van der Waals surface area contributed by atoms with Crippen LogP contribution in [-0.2, 0) is 43.5 Å². The summed E-state index contributed by atoms with van der Waals surface area (Å²) in [6.07, 6.45) is 6.76. The van der Waals surface area contributed by atoms with Crippen molar-refractivity contribution in [3.63, 3.8) is 0 Å². The van der Waals surface area contributed by atoms with Gasteiger partial charge in [0.2, 0.25) is 11.1 Å². The number of fused-ring (bicyclic) bond motifs is 2. The number of H-pyrrole nitrogens is 1. The summed E-state index contributed by atoms with van der Waals surface area (Å²) in [6.45, 7) is 1.90. The molecule has 0 spiro atoms. The number of benzene rings is 1. The molecule has 10 heteroatoms. The number of hydrogen-bond donors (Lipinski definition) is 3. The van der Waals surface area contributed by atoms with E-state index < -0.39 is 10.8 Å². The molecule has 0 aliphatic heterocycles. The number of aryl methyl sites for hydroxylation is 3. The molecule has 1 aromatic carbocycles. The molecule has 0 radical (unpaired) electrons. The van der Waals surface area contributed by atoms with Crippen LogP contribution in [0.4, 0.5) is 11.6 Å². The number of anilines is 2. The monoisotopic (exact) mass is 456 g/mol. The van der Waals surface area contributed by atoms with E-state index >= 15 is 0 Å². The predicted octanol–water partition coefficient (Wildman–Crippen LogP) is 2.95. The lowest BCUT2D eigenvalue weighted by molar-refractivity contribution is -1.10. The summed E-state index contributed by atoms with van der Waals surface area (Å²) in [5.41, 5.74) is 7.58. The molecular weight excluding hydrogens is 426 g/mol. The molecule has 9 nitrogen and oxygen atoms in total. The smallest absolute Gasteiger partial charge is 0.247 e. The van der Waals surface area contributed by atoms with Crippen LogP contribution in [0.15, 0.2) is 22.3 Å². The average Bonchev–Trinajstić information content (AvgIpc) is 3.52. The first-order chi connectivity index (χ1) is 15.2. The van der Waals surface area contributed by atoms with Gasteiger partial charge in [-0.25, -0.2) is 14.5 Å². The highest BCUT2D eigenvalue weighted by molar-refractivity contribution is 7.84. The molecule has 2 aliphatic rings. The summed E-state index contributed by atoms with van der Waals surface area (Å²) in [5, 5.41) is 25.9. The van der Waals surface area contributed by atoms with Gasteiger partial charge in [-0.1, -0.05) is 6.07 Å². The Hall–Kier alpha value is -2.56. The van der Waals surface area contributed by atoms with Crippen LogP contribution >= 0.6 is 0 Å². The third-order valence-corrected chi connectivity index (χ3v) is 7.92. The Kier molecular flexibility index (Phi) is 5.18. The SMILES string of the molecule is CC(c1cc(S(=O)c2nc(Nc3c4c(cc5c3CCC5)CCC4)n[nH]2)nn1C)[N+](C)(C)O. The Morgan fingerprint density at radius 3 is 2.44 bits per heavy atom. The molecule has 2 aromatic heterocycles. The summed E-state index contributed by atoms with van der Waals surface area (Å²) >= 11 is 0. The zero-order valence-electron chi connectivity index (χ0n) is 19.0. The molecule has 3 N–H and O–H groups in total. The summed E-state index contributed by atoms with van der Waals surface area (Å²) in [6, 6.07) is 3.91. The highest BCUT2D eigenvalue weighted by Crippen LogP contribution is 2.39. The van der Waals surface area contributed by atoms with E-state index in [9.17, 15) is 9.42 Å². The second-order valence-electron chi connectivity index (χ2n) is 9.28. The molecule has 0 fully saturated rings. The fourth-order valence-corrected chi connectivity index (χ4v) is 5.74. The number of nitrogens with zero attached hydrogens (tertiary/aromatic N) is 5. The van der Waals surface area contributed by atoms with Gasteiger partial charge >= 0.3 is 0 Å². The summed E-state index contributed by atoms with van der Waals surface area (Å²) in [4.78, 5) is 4.48. The number of rotatable bonds is 6. The number of quaternary nitrogens is 1. The van der Waals surface area contributed by atoms with Crippen molar-refractivity contribution in [2.24, 2.45) is 7.05 Å². The maximum atomic E-state index is 13.1. The first-order valence-electron chi connectivity index (χ1n) is 11.1. The van der Waals surface area contributed by atoms with Crippen molar-refractivity contribution in [2.75, 3.05) is 19.4 Å². The van der Waals surface area contributed by atoms with E-state index in [0.717, 1.165) is 37.1 Å². The van der Waals surface area contributed by atoms with E-state index in [2.05, 4.69) is 31.7 Å². The number of hydrogen-bond acceptors (Lipinski definition) is 6. The number of nitrogens with one attached hydrogen (secondary N) is 2. The Morgan fingerprint density at radius 2 is 1.81 bits per heavy atom. The van der Waals surface area contributed by atoms with Crippen molar-refractivity contribution in [1.82, 2.24) is 25.0 Å². The van der Waals surface area contributed by atoms with E-state index in [0.29, 0.717) is 11.0 Å². The second-order valence-corrected chi connectivity index (χ2v) is 10.6. The van der Waals surface area contributed by atoms with Crippen molar-refractivity contribution >= 4 is 22.4 Å². The molecule has 2 heterocycles. The third-order valence-electron chi connectivity index (χ3n) is 6.81. The molecule has 3 aromatic rings. The molecule has 2 unspecified atom stereocenters.